The molecule has 1 atom stereocenters. The van der Waals surface area contributed by atoms with Gasteiger partial charge in [-0.15, -0.1) is 0 Å². The number of nitrogens with zero attached hydrogens (tertiary/aromatic N) is 2. The summed E-state index contributed by atoms with van der Waals surface area (Å²) < 4.78 is 32.0. The van der Waals surface area contributed by atoms with E-state index in [1.807, 2.05) is 6.92 Å². The Morgan fingerprint density at radius 3 is 2.59 bits per heavy atom. The van der Waals surface area contributed by atoms with Crippen LogP contribution >= 0.6 is 0 Å². The number of carbonyl (C=O) groups excluding carboxylic acids is 1. The van der Waals surface area contributed by atoms with Gasteiger partial charge in [-0.1, -0.05) is 0 Å². The fraction of sp³-hybridized carbons (Fsp3) is 0.643. The standard InChI is InChI=1S/C14H23N3O4S/c1-10(9-15)16(3)14(18)12-8-13(11(2)21-12)22(19,20)17-6-4-5-7-17/h8,10H,4-7,9,15H2,1-3H3. The summed E-state index contributed by atoms with van der Waals surface area (Å²) in [6.07, 6.45) is 1.72. The van der Waals surface area contributed by atoms with Gasteiger partial charge in [0, 0.05) is 38.8 Å². The predicted octanol–water partition coefficient (Wildman–Crippen LogP) is 0.792. The van der Waals surface area contributed by atoms with Crippen molar-refractivity contribution < 1.29 is 17.6 Å². The lowest BCUT2D eigenvalue weighted by atomic mass is 10.3. The first kappa shape index (κ1) is 17.0. The van der Waals surface area contributed by atoms with E-state index in [4.69, 9.17) is 10.2 Å². The normalized spacial score (nSPS) is 17.6. The van der Waals surface area contributed by atoms with Crippen LogP contribution in [0.15, 0.2) is 15.4 Å². The third-order valence-electron chi connectivity index (χ3n) is 4.09. The molecular formula is C14H23N3O4S. The lowest BCUT2D eigenvalue weighted by Crippen LogP contribution is -2.39. The third kappa shape index (κ3) is 3.04. The van der Waals surface area contributed by atoms with Crippen molar-refractivity contribution >= 4 is 15.9 Å². The van der Waals surface area contributed by atoms with Gasteiger partial charge in [0.2, 0.25) is 10.0 Å². The highest BCUT2D eigenvalue weighted by Crippen LogP contribution is 2.27. The van der Waals surface area contributed by atoms with Crippen molar-refractivity contribution in [3.63, 3.8) is 0 Å². The molecule has 0 spiro atoms. The number of carbonyl (C=O) groups is 1. The van der Waals surface area contributed by atoms with Crippen LogP contribution in [0.25, 0.3) is 0 Å². The zero-order valence-corrected chi connectivity index (χ0v) is 14.0. The second-order valence-electron chi connectivity index (χ2n) is 5.64. The van der Waals surface area contributed by atoms with Gasteiger partial charge >= 0.3 is 0 Å². The van der Waals surface area contributed by atoms with Gasteiger partial charge in [0.25, 0.3) is 5.91 Å². The van der Waals surface area contributed by atoms with E-state index < -0.39 is 10.0 Å². The summed E-state index contributed by atoms with van der Waals surface area (Å²) >= 11 is 0. The molecule has 0 bridgehead atoms. The molecule has 0 radical (unpaired) electrons. The quantitative estimate of drug-likeness (QED) is 0.861. The smallest absolute Gasteiger partial charge is 0.289 e. The zero-order valence-electron chi connectivity index (χ0n) is 13.2. The number of hydrogen-bond acceptors (Lipinski definition) is 5. The second-order valence-corrected chi connectivity index (χ2v) is 7.55. The van der Waals surface area contributed by atoms with E-state index in [-0.39, 0.29) is 28.4 Å². The summed E-state index contributed by atoms with van der Waals surface area (Å²) in [7, 11) is -1.97. The molecule has 0 aromatic carbocycles. The molecule has 8 heteroatoms. The zero-order chi connectivity index (χ0) is 16.5. The molecule has 124 valence electrons. The van der Waals surface area contributed by atoms with E-state index in [2.05, 4.69) is 0 Å². The van der Waals surface area contributed by atoms with Gasteiger partial charge in [0.15, 0.2) is 5.76 Å². The summed E-state index contributed by atoms with van der Waals surface area (Å²) in [5.41, 5.74) is 5.55. The largest absolute Gasteiger partial charge is 0.455 e. The summed E-state index contributed by atoms with van der Waals surface area (Å²) in [4.78, 5) is 13.9. The minimum atomic E-state index is -3.59. The highest BCUT2D eigenvalue weighted by Gasteiger charge is 2.32. The summed E-state index contributed by atoms with van der Waals surface area (Å²) in [6, 6.07) is 1.17. The number of rotatable bonds is 5. The molecule has 2 heterocycles. The Labute approximate surface area is 131 Å². The van der Waals surface area contributed by atoms with E-state index in [9.17, 15) is 13.2 Å². The van der Waals surface area contributed by atoms with Crippen molar-refractivity contribution in [1.82, 2.24) is 9.21 Å². The van der Waals surface area contributed by atoms with Gasteiger partial charge < -0.3 is 15.1 Å². The molecule has 1 saturated heterocycles. The number of hydrogen-bond donors (Lipinski definition) is 1. The van der Waals surface area contributed by atoms with E-state index in [1.165, 1.54) is 15.3 Å². The number of amides is 1. The van der Waals surface area contributed by atoms with Crippen LogP contribution in [-0.2, 0) is 10.0 Å². The predicted molar refractivity (Wildman–Crippen MR) is 82.0 cm³/mol. The molecule has 1 unspecified atom stereocenters. The van der Waals surface area contributed by atoms with Crippen molar-refractivity contribution in [2.45, 2.75) is 37.6 Å². The Morgan fingerprint density at radius 1 is 1.45 bits per heavy atom. The second kappa shape index (κ2) is 6.39. The van der Waals surface area contributed by atoms with Gasteiger partial charge in [0.1, 0.15) is 10.7 Å². The molecule has 2 rings (SSSR count). The first-order chi connectivity index (χ1) is 10.3. The monoisotopic (exact) mass is 329 g/mol. The topological polar surface area (TPSA) is 96.8 Å². The van der Waals surface area contributed by atoms with Gasteiger partial charge in [-0.25, -0.2) is 8.42 Å². The Bertz CT molecular complexity index is 647. The minimum absolute atomic E-state index is 0.0260. The Balaban J connectivity index is 2.30. The van der Waals surface area contributed by atoms with Crippen molar-refractivity contribution in [3.05, 3.63) is 17.6 Å². The number of nitrogens with two attached hydrogens (primary N) is 1. The lowest BCUT2D eigenvalue weighted by Gasteiger charge is -2.22. The SMILES string of the molecule is Cc1oc(C(=O)N(C)C(C)CN)cc1S(=O)(=O)N1CCCC1. The number of sulfonamides is 1. The molecule has 7 nitrogen and oxygen atoms in total. The van der Waals surface area contributed by atoms with Crippen molar-refractivity contribution in [2.75, 3.05) is 26.7 Å². The fourth-order valence-corrected chi connectivity index (χ4v) is 4.10. The molecule has 1 fully saturated rings. The Morgan fingerprint density at radius 2 is 2.05 bits per heavy atom. The minimum Gasteiger partial charge on any atom is -0.455 e. The third-order valence-corrected chi connectivity index (χ3v) is 6.09. The highest BCUT2D eigenvalue weighted by molar-refractivity contribution is 7.89. The lowest BCUT2D eigenvalue weighted by molar-refractivity contribution is 0.0715. The van der Waals surface area contributed by atoms with Crippen LogP contribution in [0.4, 0.5) is 0 Å². The Kier molecular flexibility index (Phi) is 4.93. The molecule has 1 aliphatic heterocycles. The summed E-state index contributed by atoms with van der Waals surface area (Å²) in [5, 5.41) is 0. The maximum Gasteiger partial charge on any atom is 0.289 e. The van der Waals surface area contributed by atoms with Crippen molar-refractivity contribution in [2.24, 2.45) is 5.73 Å². The van der Waals surface area contributed by atoms with E-state index in [0.717, 1.165) is 12.8 Å². The molecule has 22 heavy (non-hydrogen) atoms. The number of furan rings is 1. The van der Waals surface area contributed by atoms with Crippen LogP contribution in [-0.4, -0.2) is 56.3 Å². The average molecular weight is 329 g/mol. The van der Waals surface area contributed by atoms with Gasteiger partial charge in [-0.05, 0) is 26.7 Å². The van der Waals surface area contributed by atoms with Crippen LogP contribution in [0.2, 0.25) is 0 Å². The average Bonchev–Trinajstić information content (AvgIpc) is 3.14. The molecule has 0 saturated carbocycles. The van der Waals surface area contributed by atoms with Crippen LogP contribution in [0.3, 0.4) is 0 Å². The molecule has 1 aromatic rings. The molecule has 1 aromatic heterocycles. The number of likely N-dealkylation sites (N-methyl/N-ethyl adjacent to an activating group) is 1. The van der Waals surface area contributed by atoms with E-state index in [1.54, 1.807) is 14.0 Å². The summed E-state index contributed by atoms with van der Waals surface area (Å²) in [5.74, 6) is -0.106. The summed E-state index contributed by atoms with van der Waals surface area (Å²) in [6.45, 7) is 4.73. The first-order valence-corrected chi connectivity index (χ1v) is 8.81. The Hall–Kier alpha value is -1.38. The molecule has 1 amide bonds. The van der Waals surface area contributed by atoms with Crippen LogP contribution in [0.1, 0.15) is 36.1 Å². The van der Waals surface area contributed by atoms with Crippen LogP contribution in [0.5, 0.6) is 0 Å². The van der Waals surface area contributed by atoms with E-state index >= 15 is 0 Å². The molecular weight excluding hydrogens is 306 g/mol. The fourth-order valence-electron chi connectivity index (χ4n) is 2.43. The van der Waals surface area contributed by atoms with Gasteiger partial charge in [0.05, 0.1) is 0 Å². The molecule has 0 aliphatic carbocycles. The highest BCUT2D eigenvalue weighted by atomic mass is 32.2. The van der Waals surface area contributed by atoms with Crippen LogP contribution in [0, 0.1) is 6.92 Å². The number of aryl methyl sites for hydroxylation is 1. The first-order valence-electron chi connectivity index (χ1n) is 7.37. The molecule has 2 N–H and O–H groups in total. The maximum absolute atomic E-state index is 12.6. The maximum atomic E-state index is 12.6. The van der Waals surface area contributed by atoms with Crippen molar-refractivity contribution in [3.8, 4) is 0 Å². The van der Waals surface area contributed by atoms with E-state index in [0.29, 0.717) is 19.6 Å². The van der Waals surface area contributed by atoms with Gasteiger partial charge in [-0.2, -0.15) is 4.31 Å². The molecule has 1 aliphatic rings. The van der Waals surface area contributed by atoms with Crippen LogP contribution < -0.4 is 5.73 Å². The van der Waals surface area contributed by atoms with Crippen molar-refractivity contribution in [1.29, 1.82) is 0 Å². The van der Waals surface area contributed by atoms with Gasteiger partial charge in [-0.3, -0.25) is 4.79 Å².